The van der Waals surface area contributed by atoms with Crippen molar-refractivity contribution in [1.82, 2.24) is 10.6 Å². The zero-order chi connectivity index (χ0) is 18.4. The van der Waals surface area contributed by atoms with Crippen molar-refractivity contribution < 1.29 is 17.9 Å². The quantitative estimate of drug-likeness (QED) is 0.669. The van der Waals surface area contributed by atoms with Crippen molar-refractivity contribution in [3.05, 3.63) is 60.2 Å². The van der Waals surface area contributed by atoms with E-state index in [-0.39, 0.29) is 29.8 Å². The van der Waals surface area contributed by atoms with Crippen LogP contribution in [0.15, 0.2) is 59.5 Å². The normalized spacial score (nSPS) is 16.8. The van der Waals surface area contributed by atoms with Crippen LogP contribution in [0.5, 0.6) is 0 Å². The maximum atomic E-state index is 12.5. The van der Waals surface area contributed by atoms with E-state index in [1.54, 1.807) is 42.5 Å². The van der Waals surface area contributed by atoms with Crippen molar-refractivity contribution in [1.29, 1.82) is 0 Å². The van der Waals surface area contributed by atoms with E-state index in [1.165, 1.54) is 12.1 Å². The third-order valence-corrected chi connectivity index (χ3v) is 5.37. The van der Waals surface area contributed by atoms with Crippen LogP contribution in [0.25, 0.3) is 0 Å². The number of sulfonamides is 1. The van der Waals surface area contributed by atoms with E-state index in [0.29, 0.717) is 24.4 Å². The van der Waals surface area contributed by atoms with Gasteiger partial charge in [0.05, 0.1) is 17.2 Å². The Morgan fingerprint density at radius 2 is 1.81 bits per heavy atom. The van der Waals surface area contributed by atoms with Gasteiger partial charge in [-0.3, -0.25) is 9.52 Å². The van der Waals surface area contributed by atoms with E-state index in [4.69, 9.17) is 4.74 Å². The highest BCUT2D eigenvalue weighted by Gasteiger charge is 2.22. The van der Waals surface area contributed by atoms with E-state index >= 15 is 0 Å². The van der Waals surface area contributed by atoms with Gasteiger partial charge in [-0.1, -0.05) is 36.4 Å². The molecule has 0 saturated carbocycles. The molecule has 1 fully saturated rings. The van der Waals surface area contributed by atoms with Crippen molar-refractivity contribution >= 4 is 34.0 Å². The lowest BCUT2D eigenvalue weighted by atomic mass is 10.2. The molecular formula is C18H22ClN3O4S. The summed E-state index contributed by atoms with van der Waals surface area (Å²) in [5.41, 5.74) is 1.10. The monoisotopic (exact) mass is 411 g/mol. The van der Waals surface area contributed by atoms with Crippen LogP contribution < -0.4 is 15.4 Å². The number of anilines is 1. The van der Waals surface area contributed by atoms with Gasteiger partial charge in [0.15, 0.2) is 0 Å². The first kappa shape index (κ1) is 21.2. The molecule has 2 aromatic carbocycles. The maximum absolute atomic E-state index is 12.5. The van der Waals surface area contributed by atoms with Gasteiger partial charge in [0.2, 0.25) is 0 Å². The number of ether oxygens (including phenoxy) is 1. The molecule has 1 aliphatic rings. The van der Waals surface area contributed by atoms with Crippen LogP contribution in [0.4, 0.5) is 5.69 Å². The fraction of sp³-hybridized carbons (Fsp3) is 0.278. The Kier molecular flexibility index (Phi) is 7.61. The average molecular weight is 412 g/mol. The lowest BCUT2D eigenvalue weighted by Gasteiger charge is -2.23. The average Bonchev–Trinajstić information content (AvgIpc) is 2.68. The SMILES string of the molecule is Cl.O=C(NCc1ccccc1NS(=O)(=O)c1ccccc1)C1CNCCO1. The van der Waals surface area contributed by atoms with Crippen LogP contribution in [0.3, 0.4) is 0 Å². The Hall–Kier alpha value is -2.13. The minimum atomic E-state index is -3.69. The number of morpholine rings is 1. The number of nitrogens with one attached hydrogen (secondary N) is 3. The number of halogens is 1. The van der Waals surface area contributed by atoms with E-state index in [0.717, 1.165) is 6.54 Å². The second-order valence-electron chi connectivity index (χ2n) is 5.86. The highest BCUT2D eigenvalue weighted by molar-refractivity contribution is 7.92. The van der Waals surface area contributed by atoms with Crippen LogP contribution in [-0.4, -0.2) is 40.1 Å². The lowest BCUT2D eigenvalue weighted by Crippen LogP contribution is -2.47. The zero-order valence-corrected chi connectivity index (χ0v) is 16.2. The Morgan fingerprint density at radius 1 is 1.11 bits per heavy atom. The molecule has 1 heterocycles. The third kappa shape index (κ3) is 5.67. The van der Waals surface area contributed by atoms with Crippen molar-refractivity contribution in [2.45, 2.75) is 17.5 Å². The molecule has 0 bridgehead atoms. The number of carbonyl (C=O) groups excluding carboxylic acids is 1. The second-order valence-corrected chi connectivity index (χ2v) is 7.54. The first-order chi connectivity index (χ1) is 12.6. The molecular weight excluding hydrogens is 390 g/mol. The molecule has 3 rings (SSSR count). The van der Waals surface area contributed by atoms with Gasteiger partial charge in [-0.25, -0.2) is 8.42 Å². The van der Waals surface area contributed by atoms with Crippen molar-refractivity contribution in [3.63, 3.8) is 0 Å². The van der Waals surface area contributed by atoms with Gasteiger partial charge in [0.25, 0.3) is 15.9 Å². The highest BCUT2D eigenvalue weighted by atomic mass is 35.5. The topological polar surface area (TPSA) is 96.5 Å². The first-order valence-corrected chi connectivity index (χ1v) is 9.80. The largest absolute Gasteiger partial charge is 0.366 e. The molecule has 3 N–H and O–H groups in total. The molecule has 1 amide bonds. The lowest BCUT2D eigenvalue weighted by molar-refractivity contribution is -0.134. The minimum Gasteiger partial charge on any atom is -0.366 e. The molecule has 146 valence electrons. The molecule has 9 heteroatoms. The number of hydrogen-bond donors (Lipinski definition) is 3. The Labute approximate surface area is 165 Å². The predicted molar refractivity (Wildman–Crippen MR) is 105 cm³/mol. The summed E-state index contributed by atoms with van der Waals surface area (Å²) in [6.07, 6.45) is -0.531. The fourth-order valence-electron chi connectivity index (χ4n) is 2.61. The molecule has 1 aliphatic heterocycles. The van der Waals surface area contributed by atoms with E-state index in [2.05, 4.69) is 15.4 Å². The fourth-order valence-corrected chi connectivity index (χ4v) is 3.73. The van der Waals surface area contributed by atoms with Crippen LogP contribution in [-0.2, 0) is 26.1 Å². The summed E-state index contributed by atoms with van der Waals surface area (Å²) >= 11 is 0. The third-order valence-electron chi connectivity index (χ3n) is 3.99. The summed E-state index contributed by atoms with van der Waals surface area (Å²) in [5.74, 6) is -0.224. The highest BCUT2D eigenvalue weighted by Crippen LogP contribution is 2.20. The molecule has 7 nitrogen and oxygen atoms in total. The van der Waals surface area contributed by atoms with Crippen LogP contribution >= 0.6 is 12.4 Å². The van der Waals surface area contributed by atoms with Crippen LogP contribution in [0, 0.1) is 0 Å². The minimum absolute atomic E-state index is 0. The number of carbonyl (C=O) groups is 1. The molecule has 0 radical (unpaired) electrons. The molecule has 1 unspecified atom stereocenters. The second kappa shape index (κ2) is 9.70. The molecule has 0 aliphatic carbocycles. The van der Waals surface area contributed by atoms with Gasteiger partial charge < -0.3 is 15.4 Å². The van der Waals surface area contributed by atoms with Crippen molar-refractivity contribution in [2.75, 3.05) is 24.4 Å². The zero-order valence-electron chi connectivity index (χ0n) is 14.6. The number of benzene rings is 2. The standard InChI is InChI=1S/C18H21N3O4S.ClH/c22-18(17-13-19-10-11-25-17)20-12-14-6-4-5-9-16(14)21-26(23,24)15-7-2-1-3-8-15;/h1-9,17,19,21H,10-13H2,(H,20,22);1H. The summed E-state index contributed by atoms with van der Waals surface area (Å²) < 4.78 is 33.0. The van der Waals surface area contributed by atoms with E-state index in [1.807, 2.05) is 0 Å². The Morgan fingerprint density at radius 3 is 2.52 bits per heavy atom. The van der Waals surface area contributed by atoms with Gasteiger partial charge in [-0.15, -0.1) is 12.4 Å². The summed E-state index contributed by atoms with van der Waals surface area (Å²) in [6.45, 7) is 1.89. The predicted octanol–water partition coefficient (Wildman–Crippen LogP) is 1.51. The Balaban J connectivity index is 0.00000261. The molecule has 1 atom stereocenters. The first-order valence-electron chi connectivity index (χ1n) is 8.32. The summed E-state index contributed by atoms with van der Waals surface area (Å²) in [5, 5.41) is 5.89. The Bertz CT molecular complexity index is 856. The van der Waals surface area contributed by atoms with E-state index < -0.39 is 16.1 Å². The number of amides is 1. The number of hydrogen-bond acceptors (Lipinski definition) is 5. The smallest absolute Gasteiger partial charge is 0.261 e. The van der Waals surface area contributed by atoms with Gasteiger partial charge in [-0.05, 0) is 23.8 Å². The molecule has 0 spiro atoms. The van der Waals surface area contributed by atoms with Crippen LogP contribution in [0.2, 0.25) is 0 Å². The summed E-state index contributed by atoms with van der Waals surface area (Å²) in [7, 11) is -3.69. The molecule has 0 aromatic heterocycles. The summed E-state index contributed by atoms with van der Waals surface area (Å²) in [4.78, 5) is 12.4. The van der Waals surface area contributed by atoms with Crippen molar-refractivity contribution in [2.24, 2.45) is 0 Å². The number of rotatable bonds is 6. The van der Waals surface area contributed by atoms with Gasteiger partial charge in [0, 0.05) is 19.6 Å². The maximum Gasteiger partial charge on any atom is 0.261 e. The molecule has 1 saturated heterocycles. The van der Waals surface area contributed by atoms with E-state index in [9.17, 15) is 13.2 Å². The van der Waals surface area contributed by atoms with Gasteiger partial charge >= 0.3 is 0 Å². The van der Waals surface area contributed by atoms with Gasteiger partial charge in [0.1, 0.15) is 6.10 Å². The van der Waals surface area contributed by atoms with Crippen LogP contribution in [0.1, 0.15) is 5.56 Å². The van der Waals surface area contributed by atoms with Gasteiger partial charge in [-0.2, -0.15) is 0 Å². The summed E-state index contributed by atoms with van der Waals surface area (Å²) in [6, 6.07) is 15.1. The molecule has 27 heavy (non-hydrogen) atoms. The van der Waals surface area contributed by atoms with Crippen molar-refractivity contribution in [3.8, 4) is 0 Å². The molecule has 2 aromatic rings. The number of para-hydroxylation sites is 1.